The Kier molecular flexibility index (Phi) is 6.34. The number of anilines is 1. The first-order chi connectivity index (χ1) is 13.5. The summed E-state index contributed by atoms with van der Waals surface area (Å²) in [5.41, 5.74) is 2.94. The summed E-state index contributed by atoms with van der Waals surface area (Å²) in [7, 11) is 0. The molecule has 0 aliphatic carbocycles. The van der Waals surface area contributed by atoms with E-state index in [1.54, 1.807) is 4.90 Å². The molecule has 1 aliphatic heterocycles. The van der Waals surface area contributed by atoms with Crippen molar-refractivity contribution in [3.05, 3.63) is 59.7 Å². The molecule has 0 fully saturated rings. The van der Waals surface area contributed by atoms with Crippen molar-refractivity contribution in [3.63, 3.8) is 0 Å². The van der Waals surface area contributed by atoms with Crippen LogP contribution in [-0.4, -0.2) is 30.5 Å². The molecule has 0 saturated carbocycles. The lowest BCUT2D eigenvalue weighted by molar-refractivity contribution is -0.129. The molecule has 0 saturated heterocycles. The van der Waals surface area contributed by atoms with Gasteiger partial charge >= 0.3 is 0 Å². The maximum absolute atomic E-state index is 12.8. The molecule has 0 unspecified atom stereocenters. The molecular weight excluding hydrogens is 352 g/mol. The fourth-order valence-electron chi connectivity index (χ4n) is 3.42. The number of rotatable bonds is 7. The third-order valence-electron chi connectivity index (χ3n) is 5.00. The lowest BCUT2D eigenvalue weighted by Gasteiger charge is -2.34. The predicted octanol–water partition coefficient (Wildman–Crippen LogP) is 3.64. The number of aryl methyl sites for hydroxylation is 2. The largest absolute Gasteiger partial charge is 0.478 e. The van der Waals surface area contributed by atoms with E-state index in [4.69, 9.17) is 4.74 Å². The molecule has 0 radical (unpaired) electrons. The summed E-state index contributed by atoms with van der Waals surface area (Å²) in [6.45, 7) is 5.87. The van der Waals surface area contributed by atoms with Crippen molar-refractivity contribution in [2.45, 2.75) is 52.2 Å². The highest BCUT2D eigenvalue weighted by atomic mass is 16.5. The Hall–Kier alpha value is -2.82. The summed E-state index contributed by atoms with van der Waals surface area (Å²) in [4.78, 5) is 27.0. The molecule has 5 nitrogen and oxygen atoms in total. The average Bonchev–Trinajstić information content (AvgIpc) is 2.69. The van der Waals surface area contributed by atoms with Gasteiger partial charge in [-0.2, -0.15) is 0 Å². The zero-order valence-corrected chi connectivity index (χ0v) is 16.8. The van der Waals surface area contributed by atoms with Gasteiger partial charge in [0.15, 0.2) is 6.10 Å². The SMILES string of the molecule is CC[C@H]1Oc2ccc(C)cc2N(CC(=O)N[C@@H](C)CCc2ccccc2)C1=O. The van der Waals surface area contributed by atoms with E-state index in [0.29, 0.717) is 17.9 Å². The topological polar surface area (TPSA) is 58.6 Å². The zero-order valence-electron chi connectivity index (χ0n) is 16.8. The van der Waals surface area contributed by atoms with Crippen LogP contribution >= 0.6 is 0 Å². The number of amides is 2. The third-order valence-corrected chi connectivity index (χ3v) is 5.00. The van der Waals surface area contributed by atoms with Crippen LogP contribution in [0.1, 0.15) is 37.8 Å². The van der Waals surface area contributed by atoms with Crippen LogP contribution in [0.5, 0.6) is 5.75 Å². The average molecular weight is 380 g/mol. The summed E-state index contributed by atoms with van der Waals surface area (Å²) in [6.07, 6.45) is 1.77. The molecule has 2 aromatic rings. The first kappa shape index (κ1) is 19.9. The Morgan fingerprint density at radius 1 is 1.21 bits per heavy atom. The van der Waals surface area contributed by atoms with Gasteiger partial charge in [0.25, 0.3) is 5.91 Å². The molecule has 5 heteroatoms. The van der Waals surface area contributed by atoms with Crippen molar-refractivity contribution in [2.75, 3.05) is 11.4 Å². The first-order valence-electron chi connectivity index (χ1n) is 9.90. The molecule has 1 aliphatic rings. The number of carbonyl (C=O) groups excluding carboxylic acids is 2. The van der Waals surface area contributed by atoms with Gasteiger partial charge in [0.1, 0.15) is 12.3 Å². The van der Waals surface area contributed by atoms with E-state index in [1.807, 2.05) is 57.2 Å². The van der Waals surface area contributed by atoms with Crippen LogP contribution in [0.4, 0.5) is 5.69 Å². The zero-order chi connectivity index (χ0) is 20.1. The van der Waals surface area contributed by atoms with E-state index >= 15 is 0 Å². The van der Waals surface area contributed by atoms with Gasteiger partial charge in [0.05, 0.1) is 5.69 Å². The van der Waals surface area contributed by atoms with Crippen LogP contribution in [-0.2, 0) is 16.0 Å². The molecule has 2 atom stereocenters. The molecule has 148 valence electrons. The molecule has 28 heavy (non-hydrogen) atoms. The van der Waals surface area contributed by atoms with Gasteiger partial charge in [-0.3, -0.25) is 14.5 Å². The summed E-state index contributed by atoms with van der Waals surface area (Å²) in [5, 5.41) is 3.02. The van der Waals surface area contributed by atoms with E-state index < -0.39 is 6.10 Å². The number of hydrogen-bond acceptors (Lipinski definition) is 3. The van der Waals surface area contributed by atoms with Crippen LogP contribution in [0.3, 0.4) is 0 Å². The van der Waals surface area contributed by atoms with Gasteiger partial charge < -0.3 is 10.1 Å². The lowest BCUT2D eigenvalue weighted by Crippen LogP contribution is -2.50. The third kappa shape index (κ3) is 4.71. The van der Waals surface area contributed by atoms with Gasteiger partial charge in [-0.15, -0.1) is 0 Å². The number of nitrogens with zero attached hydrogens (tertiary/aromatic N) is 1. The number of fused-ring (bicyclic) bond motifs is 1. The summed E-state index contributed by atoms with van der Waals surface area (Å²) in [6, 6.07) is 16.0. The fraction of sp³-hybridized carbons (Fsp3) is 0.391. The van der Waals surface area contributed by atoms with Crippen LogP contribution in [0, 0.1) is 6.92 Å². The Bertz CT molecular complexity index is 835. The van der Waals surface area contributed by atoms with Crippen molar-refractivity contribution in [2.24, 2.45) is 0 Å². The number of ether oxygens (including phenoxy) is 1. The van der Waals surface area contributed by atoms with E-state index in [-0.39, 0.29) is 24.4 Å². The Labute approximate surface area is 166 Å². The van der Waals surface area contributed by atoms with Gasteiger partial charge in [0, 0.05) is 6.04 Å². The highest BCUT2D eigenvalue weighted by molar-refractivity contribution is 6.03. The summed E-state index contributed by atoms with van der Waals surface area (Å²) < 4.78 is 5.81. The molecule has 0 bridgehead atoms. The maximum atomic E-state index is 12.8. The molecule has 0 aromatic heterocycles. The highest BCUT2D eigenvalue weighted by Crippen LogP contribution is 2.35. The minimum absolute atomic E-state index is 0.00479. The quantitative estimate of drug-likeness (QED) is 0.798. The predicted molar refractivity (Wildman–Crippen MR) is 111 cm³/mol. The van der Waals surface area contributed by atoms with E-state index in [2.05, 4.69) is 17.4 Å². The monoisotopic (exact) mass is 380 g/mol. The summed E-state index contributed by atoms with van der Waals surface area (Å²) >= 11 is 0. The molecular formula is C23H28N2O3. The molecule has 2 aromatic carbocycles. The second kappa shape index (κ2) is 8.91. The Morgan fingerprint density at radius 2 is 1.96 bits per heavy atom. The van der Waals surface area contributed by atoms with E-state index in [0.717, 1.165) is 18.4 Å². The van der Waals surface area contributed by atoms with Crippen LogP contribution in [0.2, 0.25) is 0 Å². The minimum atomic E-state index is -0.543. The van der Waals surface area contributed by atoms with Crippen molar-refractivity contribution in [1.82, 2.24) is 5.32 Å². The Balaban J connectivity index is 1.63. The first-order valence-corrected chi connectivity index (χ1v) is 9.90. The number of carbonyl (C=O) groups is 2. The van der Waals surface area contributed by atoms with Gasteiger partial charge in [-0.05, 0) is 56.4 Å². The van der Waals surface area contributed by atoms with Crippen LogP contribution in [0.25, 0.3) is 0 Å². The lowest BCUT2D eigenvalue weighted by atomic mass is 10.1. The normalized spacial score (nSPS) is 16.9. The maximum Gasteiger partial charge on any atom is 0.268 e. The van der Waals surface area contributed by atoms with E-state index in [1.165, 1.54) is 5.56 Å². The molecule has 1 N–H and O–H groups in total. The number of nitrogens with one attached hydrogen (secondary N) is 1. The number of hydrogen-bond donors (Lipinski definition) is 1. The minimum Gasteiger partial charge on any atom is -0.478 e. The Morgan fingerprint density at radius 3 is 2.68 bits per heavy atom. The van der Waals surface area contributed by atoms with Crippen LogP contribution in [0.15, 0.2) is 48.5 Å². The van der Waals surface area contributed by atoms with Crippen molar-refractivity contribution in [1.29, 1.82) is 0 Å². The van der Waals surface area contributed by atoms with Crippen LogP contribution < -0.4 is 15.0 Å². The van der Waals surface area contributed by atoms with Gasteiger partial charge in [-0.1, -0.05) is 43.3 Å². The highest BCUT2D eigenvalue weighted by Gasteiger charge is 2.34. The molecule has 2 amide bonds. The standard InChI is InChI=1S/C23H28N2O3/c1-4-20-23(27)25(19-14-16(2)10-13-21(19)28-20)15-22(26)24-17(3)11-12-18-8-6-5-7-9-18/h5-10,13-14,17,20H,4,11-12,15H2,1-3H3,(H,24,26)/t17-,20+/m0/s1. The van der Waals surface area contributed by atoms with E-state index in [9.17, 15) is 9.59 Å². The van der Waals surface area contributed by atoms with Crippen molar-refractivity contribution < 1.29 is 14.3 Å². The van der Waals surface area contributed by atoms with Gasteiger partial charge in [0.2, 0.25) is 5.91 Å². The van der Waals surface area contributed by atoms with Crippen molar-refractivity contribution in [3.8, 4) is 5.75 Å². The summed E-state index contributed by atoms with van der Waals surface area (Å²) in [5.74, 6) is 0.341. The molecule has 3 rings (SSSR count). The smallest absolute Gasteiger partial charge is 0.268 e. The van der Waals surface area contributed by atoms with Gasteiger partial charge in [-0.25, -0.2) is 0 Å². The number of benzene rings is 2. The second-order valence-electron chi connectivity index (χ2n) is 7.40. The molecule has 1 heterocycles. The van der Waals surface area contributed by atoms with Crippen molar-refractivity contribution >= 4 is 17.5 Å². The second-order valence-corrected chi connectivity index (χ2v) is 7.40. The fourth-order valence-corrected chi connectivity index (χ4v) is 3.42. The molecule has 0 spiro atoms.